The van der Waals surface area contributed by atoms with Crippen molar-refractivity contribution in [1.82, 2.24) is 20.4 Å². The van der Waals surface area contributed by atoms with Gasteiger partial charge in [-0.1, -0.05) is 12.1 Å². The van der Waals surface area contributed by atoms with Crippen LogP contribution >= 0.6 is 0 Å². The SMILES string of the molecule is O=C(NC1CCNCC1)c1cnn(-c2ccccc2F)c1C(F)(F)F. The summed E-state index contributed by atoms with van der Waals surface area (Å²) in [7, 11) is 0. The number of hydrogen-bond acceptors (Lipinski definition) is 3. The normalized spacial score (nSPS) is 16.0. The summed E-state index contributed by atoms with van der Waals surface area (Å²) in [5, 5.41) is 9.32. The van der Waals surface area contributed by atoms with E-state index >= 15 is 0 Å². The minimum Gasteiger partial charge on any atom is -0.349 e. The van der Waals surface area contributed by atoms with Crippen LogP contribution in [0.1, 0.15) is 28.9 Å². The van der Waals surface area contributed by atoms with Gasteiger partial charge in [0, 0.05) is 6.04 Å². The topological polar surface area (TPSA) is 59.0 Å². The molecule has 9 heteroatoms. The van der Waals surface area contributed by atoms with Crippen molar-refractivity contribution in [3.05, 3.63) is 47.5 Å². The van der Waals surface area contributed by atoms with E-state index in [1.807, 2.05) is 0 Å². The second-order valence-corrected chi connectivity index (χ2v) is 5.77. The Bertz CT molecular complexity index is 766. The fraction of sp³-hybridized carbons (Fsp3) is 0.375. The zero-order chi connectivity index (χ0) is 18.0. The van der Waals surface area contributed by atoms with Crippen LogP contribution in [0.25, 0.3) is 5.69 Å². The Labute approximate surface area is 141 Å². The van der Waals surface area contributed by atoms with E-state index in [2.05, 4.69) is 15.7 Å². The number of piperidine rings is 1. The number of rotatable bonds is 3. The fourth-order valence-electron chi connectivity index (χ4n) is 2.82. The number of aromatic nitrogens is 2. The van der Waals surface area contributed by atoms with Crippen molar-refractivity contribution in [2.75, 3.05) is 13.1 Å². The van der Waals surface area contributed by atoms with Crippen LogP contribution in [0.4, 0.5) is 17.6 Å². The lowest BCUT2D eigenvalue weighted by atomic mass is 10.1. The van der Waals surface area contributed by atoms with E-state index in [4.69, 9.17) is 0 Å². The van der Waals surface area contributed by atoms with Crippen molar-refractivity contribution in [2.24, 2.45) is 0 Å². The van der Waals surface area contributed by atoms with E-state index in [1.54, 1.807) is 0 Å². The van der Waals surface area contributed by atoms with Crippen molar-refractivity contribution < 1.29 is 22.4 Å². The van der Waals surface area contributed by atoms with Gasteiger partial charge in [-0.25, -0.2) is 9.07 Å². The molecule has 0 unspecified atom stereocenters. The van der Waals surface area contributed by atoms with Gasteiger partial charge in [0.05, 0.1) is 11.8 Å². The van der Waals surface area contributed by atoms with Gasteiger partial charge in [0.25, 0.3) is 5.91 Å². The van der Waals surface area contributed by atoms with Crippen LogP contribution in [0, 0.1) is 5.82 Å². The summed E-state index contributed by atoms with van der Waals surface area (Å²) in [6.07, 6.45) is -2.77. The van der Waals surface area contributed by atoms with Crippen LogP contribution in [0.15, 0.2) is 30.5 Å². The highest BCUT2D eigenvalue weighted by Gasteiger charge is 2.41. The highest BCUT2D eigenvalue weighted by Crippen LogP contribution is 2.34. The molecule has 1 aliphatic heterocycles. The molecule has 1 aromatic heterocycles. The van der Waals surface area contributed by atoms with Crippen molar-refractivity contribution in [3.63, 3.8) is 0 Å². The molecular weight excluding hydrogens is 340 g/mol. The van der Waals surface area contributed by atoms with Crippen molar-refractivity contribution in [2.45, 2.75) is 25.1 Å². The van der Waals surface area contributed by atoms with E-state index in [0.29, 0.717) is 30.6 Å². The Balaban J connectivity index is 1.97. The molecule has 134 valence electrons. The first-order valence-electron chi connectivity index (χ1n) is 7.79. The van der Waals surface area contributed by atoms with Gasteiger partial charge in [-0.2, -0.15) is 18.3 Å². The maximum Gasteiger partial charge on any atom is 0.434 e. The van der Waals surface area contributed by atoms with E-state index in [-0.39, 0.29) is 11.7 Å². The van der Waals surface area contributed by atoms with Crippen LogP contribution in [0.2, 0.25) is 0 Å². The van der Waals surface area contributed by atoms with Crippen molar-refractivity contribution in [1.29, 1.82) is 0 Å². The number of halogens is 4. The molecule has 0 bridgehead atoms. The number of para-hydroxylation sites is 1. The molecular formula is C16H16F4N4O. The van der Waals surface area contributed by atoms with E-state index < -0.39 is 29.2 Å². The molecule has 1 aliphatic rings. The Hall–Kier alpha value is -2.42. The molecule has 1 fully saturated rings. The third kappa shape index (κ3) is 3.65. The number of amides is 1. The summed E-state index contributed by atoms with van der Waals surface area (Å²) in [6, 6.07) is 4.76. The Morgan fingerprint density at radius 3 is 2.56 bits per heavy atom. The van der Waals surface area contributed by atoms with Gasteiger partial charge in [-0.3, -0.25) is 4.79 Å². The van der Waals surface area contributed by atoms with E-state index in [0.717, 1.165) is 12.3 Å². The maximum absolute atomic E-state index is 13.9. The summed E-state index contributed by atoms with van der Waals surface area (Å²) in [5.41, 5.74) is -2.27. The number of nitrogens with zero attached hydrogens (tertiary/aromatic N) is 2. The first-order valence-corrected chi connectivity index (χ1v) is 7.79. The Morgan fingerprint density at radius 2 is 1.92 bits per heavy atom. The highest BCUT2D eigenvalue weighted by molar-refractivity contribution is 5.95. The van der Waals surface area contributed by atoms with Crippen molar-refractivity contribution in [3.8, 4) is 5.69 Å². The molecule has 3 rings (SSSR count). The predicted molar refractivity (Wildman–Crippen MR) is 81.9 cm³/mol. The summed E-state index contributed by atoms with van der Waals surface area (Å²) in [6.45, 7) is 1.37. The fourth-order valence-corrected chi connectivity index (χ4v) is 2.82. The molecule has 0 radical (unpaired) electrons. The first kappa shape index (κ1) is 17.4. The summed E-state index contributed by atoms with van der Waals surface area (Å²) in [4.78, 5) is 12.3. The lowest BCUT2D eigenvalue weighted by Crippen LogP contribution is -2.43. The summed E-state index contributed by atoms with van der Waals surface area (Å²) in [5.74, 6) is -1.72. The molecule has 0 saturated carbocycles. The molecule has 1 amide bonds. The maximum atomic E-state index is 13.9. The van der Waals surface area contributed by atoms with Gasteiger partial charge < -0.3 is 10.6 Å². The summed E-state index contributed by atoms with van der Waals surface area (Å²) < 4.78 is 54.9. The number of nitrogens with one attached hydrogen (secondary N) is 2. The number of hydrogen-bond donors (Lipinski definition) is 2. The summed E-state index contributed by atoms with van der Waals surface area (Å²) >= 11 is 0. The highest BCUT2D eigenvalue weighted by atomic mass is 19.4. The second-order valence-electron chi connectivity index (χ2n) is 5.77. The van der Waals surface area contributed by atoms with Gasteiger partial charge in [0.2, 0.25) is 0 Å². The third-order valence-electron chi connectivity index (χ3n) is 4.04. The van der Waals surface area contributed by atoms with Gasteiger partial charge in [0.15, 0.2) is 5.69 Å². The molecule has 2 N–H and O–H groups in total. The number of alkyl halides is 3. The van der Waals surface area contributed by atoms with E-state index in [1.165, 1.54) is 18.2 Å². The van der Waals surface area contributed by atoms with Gasteiger partial charge in [-0.15, -0.1) is 0 Å². The molecule has 1 aromatic carbocycles. The standard InChI is InChI=1S/C16H16F4N4O/c17-12-3-1-2-4-13(12)24-14(16(18,19)20)11(9-22-24)15(25)23-10-5-7-21-8-6-10/h1-4,9-10,21H,5-8H2,(H,23,25). The minimum atomic E-state index is -4.86. The second kappa shape index (κ2) is 6.83. The smallest absolute Gasteiger partial charge is 0.349 e. The molecule has 0 spiro atoms. The van der Waals surface area contributed by atoms with E-state index in [9.17, 15) is 22.4 Å². The monoisotopic (exact) mass is 356 g/mol. The van der Waals surface area contributed by atoms with Gasteiger partial charge >= 0.3 is 6.18 Å². The van der Waals surface area contributed by atoms with Gasteiger partial charge in [-0.05, 0) is 38.1 Å². The lowest BCUT2D eigenvalue weighted by Gasteiger charge is -2.23. The third-order valence-corrected chi connectivity index (χ3v) is 4.04. The molecule has 25 heavy (non-hydrogen) atoms. The van der Waals surface area contributed by atoms with Gasteiger partial charge in [0.1, 0.15) is 11.5 Å². The quantitative estimate of drug-likeness (QED) is 0.831. The van der Waals surface area contributed by atoms with Crippen LogP contribution in [0.5, 0.6) is 0 Å². The molecule has 5 nitrogen and oxygen atoms in total. The molecule has 2 heterocycles. The Morgan fingerprint density at radius 1 is 1.24 bits per heavy atom. The first-order chi connectivity index (χ1) is 11.9. The average Bonchev–Trinajstić information content (AvgIpc) is 3.01. The number of carbonyl (C=O) groups is 1. The van der Waals surface area contributed by atoms with Crippen LogP contribution < -0.4 is 10.6 Å². The minimum absolute atomic E-state index is 0.202. The molecule has 0 atom stereocenters. The molecule has 2 aromatic rings. The number of carbonyl (C=O) groups excluding carboxylic acids is 1. The molecule has 1 saturated heterocycles. The average molecular weight is 356 g/mol. The lowest BCUT2D eigenvalue weighted by molar-refractivity contribution is -0.143. The zero-order valence-corrected chi connectivity index (χ0v) is 13.1. The Kier molecular flexibility index (Phi) is 4.76. The number of benzene rings is 1. The predicted octanol–water partition coefficient (Wildman–Crippen LogP) is 2.51. The largest absolute Gasteiger partial charge is 0.434 e. The van der Waals surface area contributed by atoms with Crippen LogP contribution in [-0.4, -0.2) is 34.8 Å². The molecule has 0 aliphatic carbocycles. The van der Waals surface area contributed by atoms with Crippen molar-refractivity contribution >= 4 is 5.91 Å². The van der Waals surface area contributed by atoms with Crippen LogP contribution in [-0.2, 0) is 6.18 Å². The van der Waals surface area contributed by atoms with Crippen LogP contribution in [0.3, 0.4) is 0 Å². The zero-order valence-electron chi connectivity index (χ0n) is 13.1.